The zero-order chi connectivity index (χ0) is 21.5. The molecule has 2 aliphatic rings. The fourth-order valence-electron chi connectivity index (χ4n) is 3.94. The second-order valence-corrected chi connectivity index (χ2v) is 7.46. The van der Waals surface area contributed by atoms with Crippen molar-refractivity contribution in [1.82, 2.24) is 10.3 Å². The minimum atomic E-state index is -0.610. The minimum Gasteiger partial charge on any atom is -0.490 e. The van der Waals surface area contributed by atoms with Crippen LogP contribution >= 0.6 is 0 Å². The number of rotatable bonds is 4. The summed E-state index contributed by atoms with van der Waals surface area (Å²) >= 11 is 0. The third-order valence-corrected chi connectivity index (χ3v) is 5.43. The first-order valence-electron chi connectivity index (χ1n) is 9.66. The van der Waals surface area contributed by atoms with Gasteiger partial charge in [-0.1, -0.05) is 6.07 Å². The molecule has 2 amide bonds. The normalized spacial score (nSPS) is 20.7. The van der Waals surface area contributed by atoms with Crippen molar-refractivity contribution < 1.29 is 22.7 Å². The van der Waals surface area contributed by atoms with Crippen LogP contribution in [0.5, 0.6) is 5.75 Å². The van der Waals surface area contributed by atoms with Crippen LogP contribution in [0, 0.1) is 23.4 Å². The highest BCUT2D eigenvalue weighted by Gasteiger charge is 2.57. The van der Waals surface area contributed by atoms with Gasteiger partial charge in [0.15, 0.2) is 11.6 Å². The van der Waals surface area contributed by atoms with E-state index in [1.165, 1.54) is 18.3 Å². The summed E-state index contributed by atoms with van der Waals surface area (Å²) in [4.78, 5) is 16.5. The molecule has 0 spiro atoms. The van der Waals surface area contributed by atoms with Gasteiger partial charge in [-0.3, -0.25) is 5.32 Å². The van der Waals surface area contributed by atoms with E-state index in [1.807, 2.05) is 0 Å². The number of carbonyl (C=O) groups is 1. The number of ether oxygens (including phenoxy) is 1. The van der Waals surface area contributed by atoms with Crippen LogP contribution in [0.2, 0.25) is 0 Å². The molecule has 5 rings (SSSR count). The second kappa shape index (κ2) is 7.50. The number of aromatic nitrogens is 1. The summed E-state index contributed by atoms with van der Waals surface area (Å²) in [7, 11) is 0. The highest BCUT2D eigenvalue weighted by molar-refractivity contribution is 5.89. The van der Waals surface area contributed by atoms with Gasteiger partial charge in [0.1, 0.15) is 17.5 Å². The number of hydrogen-bond acceptors (Lipinski definition) is 4. The molecule has 6 nitrogen and oxygen atoms in total. The van der Waals surface area contributed by atoms with Gasteiger partial charge in [-0.2, -0.15) is 0 Å². The lowest BCUT2D eigenvalue weighted by Gasteiger charge is -2.16. The summed E-state index contributed by atoms with van der Waals surface area (Å²) in [6.45, 7) is 0.210. The van der Waals surface area contributed by atoms with E-state index in [9.17, 15) is 18.0 Å². The quantitative estimate of drug-likeness (QED) is 0.573. The second-order valence-electron chi connectivity index (χ2n) is 7.46. The average molecular weight is 426 g/mol. The largest absolute Gasteiger partial charge is 0.490 e. The number of nitrogens with one attached hydrogen (secondary N) is 3. The first kappa shape index (κ1) is 19.2. The van der Waals surface area contributed by atoms with E-state index < -0.39 is 17.7 Å². The summed E-state index contributed by atoms with van der Waals surface area (Å²) in [5.74, 6) is -1.71. The van der Waals surface area contributed by atoms with Crippen molar-refractivity contribution in [3.8, 4) is 5.75 Å². The third kappa shape index (κ3) is 3.74. The summed E-state index contributed by atoms with van der Waals surface area (Å²) in [6, 6.07) is 10.5. The Morgan fingerprint density at radius 1 is 1.03 bits per heavy atom. The molecule has 3 aromatic rings. The van der Waals surface area contributed by atoms with Gasteiger partial charge < -0.3 is 15.4 Å². The number of benzene rings is 2. The van der Waals surface area contributed by atoms with Crippen molar-refractivity contribution in [2.45, 2.75) is 12.0 Å². The lowest BCUT2D eigenvalue weighted by Crippen LogP contribution is -2.32. The zero-order valence-electron chi connectivity index (χ0n) is 16.0. The molecule has 158 valence electrons. The van der Waals surface area contributed by atoms with Crippen LogP contribution in [0.4, 0.5) is 35.2 Å². The van der Waals surface area contributed by atoms with E-state index in [0.717, 1.165) is 12.1 Å². The number of urea groups is 1. The van der Waals surface area contributed by atoms with Crippen LogP contribution in [0.25, 0.3) is 0 Å². The van der Waals surface area contributed by atoms with Gasteiger partial charge in [0.05, 0.1) is 18.5 Å². The summed E-state index contributed by atoms with van der Waals surface area (Å²) < 4.78 is 46.7. The molecule has 1 saturated carbocycles. The Bertz CT molecular complexity index is 1160. The molecule has 3 atom stereocenters. The van der Waals surface area contributed by atoms with Gasteiger partial charge in [-0.25, -0.2) is 22.9 Å². The van der Waals surface area contributed by atoms with E-state index in [-0.39, 0.29) is 41.6 Å². The Morgan fingerprint density at radius 3 is 2.65 bits per heavy atom. The summed E-state index contributed by atoms with van der Waals surface area (Å²) in [6.07, 6.45) is 1.50. The molecule has 0 radical (unpaired) electrons. The van der Waals surface area contributed by atoms with Gasteiger partial charge in [0.2, 0.25) is 0 Å². The van der Waals surface area contributed by atoms with Gasteiger partial charge in [0, 0.05) is 29.1 Å². The maximum absolute atomic E-state index is 14.2. The van der Waals surface area contributed by atoms with Gasteiger partial charge in [-0.05, 0) is 42.5 Å². The molecule has 1 aliphatic heterocycles. The molecule has 0 unspecified atom stereocenters. The van der Waals surface area contributed by atoms with Crippen LogP contribution in [-0.2, 0) is 0 Å². The number of carbonyl (C=O) groups excluding carboxylic acids is 1. The molecule has 31 heavy (non-hydrogen) atoms. The number of pyridine rings is 1. The van der Waals surface area contributed by atoms with Gasteiger partial charge in [0.25, 0.3) is 0 Å². The van der Waals surface area contributed by atoms with Gasteiger partial charge >= 0.3 is 6.03 Å². The van der Waals surface area contributed by atoms with Crippen LogP contribution in [0.15, 0.2) is 54.7 Å². The van der Waals surface area contributed by atoms with Crippen molar-refractivity contribution >= 4 is 23.2 Å². The van der Waals surface area contributed by atoms with Crippen molar-refractivity contribution in [2.24, 2.45) is 5.92 Å². The Balaban J connectivity index is 1.20. The molecule has 0 saturated heterocycles. The molecule has 2 aromatic carbocycles. The number of fused-ring (bicyclic) bond motifs is 3. The van der Waals surface area contributed by atoms with Crippen LogP contribution in [-0.4, -0.2) is 23.7 Å². The van der Waals surface area contributed by atoms with Crippen molar-refractivity contribution in [3.63, 3.8) is 0 Å². The van der Waals surface area contributed by atoms with E-state index >= 15 is 0 Å². The monoisotopic (exact) mass is 426 g/mol. The predicted molar refractivity (Wildman–Crippen MR) is 108 cm³/mol. The topological polar surface area (TPSA) is 75.3 Å². The lowest BCUT2D eigenvalue weighted by molar-refractivity contribution is 0.247. The van der Waals surface area contributed by atoms with Crippen LogP contribution in [0.1, 0.15) is 11.5 Å². The van der Waals surface area contributed by atoms with Crippen molar-refractivity contribution in [3.05, 3.63) is 77.7 Å². The molecule has 1 aromatic heterocycles. The Kier molecular flexibility index (Phi) is 4.65. The number of anilines is 3. The maximum Gasteiger partial charge on any atom is 0.320 e. The third-order valence-electron chi connectivity index (χ3n) is 5.43. The van der Waals surface area contributed by atoms with E-state index in [1.54, 1.807) is 24.3 Å². The molecule has 2 heterocycles. The summed E-state index contributed by atoms with van der Waals surface area (Å²) in [5, 5.41) is 8.40. The fraction of sp³-hybridized carbons (Fsp3) is 0.182. The molecule has 3 N–H and O–H groups in total. The standard InChI is InChI=1S/C22H17F3N4O2/c23-11-2-1-3-12(8-11)27-13-4-7-17(26-9-13)28-22(30)29-20-14-10-31-21-16(25)6-5-15(24)19(21)18(14)20/h1-9,14,18,20,27H,10H2,(H2,26,28,29,30)/t14-,18+,20+/m0/s1. The molecule has 1 fully saturated rings. The number of hydrogen-bond donors (Lipinski definition) is 3. The smallest absolute Gasteiger partial charge is 0.320 e. The number of nitrogens with zero attached hydrogens (tertiary/aromatic N) is 1. The van der Waals surface area contributed by atoms with Crippen molar-refractivity contribution in [2.75, 3.05) is 17.2 Å². The van der Waals surface area contributed by atoms with Gasteiger partial charge in [-0.15, -0.1) is 0 Å². The predicted octanol–water partition coefficient (Wildman–Crippen LogP) is 4.54. The Morgan fingerprint density at radius 2 is 1.87 bits per heavy atom. The molecule has 9 heteroatoms. The maximum atomic E-state index is 14.2. The number of halogens is 3. The summed E-state index contributed by atoms with van der Waals surface area (Å²) in [5.41, 5.74) is 1.37. The van der Waals surface area contributed by atoms with E-state index in [2.05, 4.69) is 20.9 Å². The Labute approximate surface area is 175 Å². The van der Waals surface area contributed by atoms with E-state index in [0.29, 0.717) is 17.2 Å². The fourth-order valence-corrected chi connectivity index (χ4v) is 3.94. The Hall–Kier alpha value is -3.75. The highest BCUT2D eigenvalue weighted by atomic mass is 19.1. The number of amides is 2. The van der Waals surface area contributed by atoms with Crippen LogP contribution < -0.4 is 20.7 Å². The molecule has 0 bridgehead atoms. The molecular formula is C22H17F3N4O2. The molecule has 1 aliphatic carbocycles. The highest BCUT2D eigenvalue weighted by Crippen LogP contribution is 2.55. The lowest BCUT2D eigenvalue weighted by atomic mass is 10.0. The van der Waals surface area contributed by atoms with Crippen molar-refractivity contribution in [1.29, 1.82) is 0 Å². The SMILES string of the molecule is O=C(Nc1ccc(Nc2cccc(F)c2)cn1)N[C@@H]1[C@H]2COc3c(F)ccc(F)c3[C@@H]21. The first-order chi connectivity index (χ1) is 15.0. The first-order valence-corrected chi connectivity index (χ1v) is 9.66. The minimum absolute atomic E-state index is 0.0750. The average Bonchev–Trinajstić information content (AvgIpc) is 3.44. The zero-order valence-corrected chi connectivity index (χ0v) is 16.0. The van der Waals surface area contributed by atoms with Crippen LogP contribution in [0.3, 0.4) is 0 Å². The molecular weight excluding hydrogens is 409 g/mol. The van der Waals surface area contributed by atoms with E-state index in [4.69, 9.17) is 4.74 Å².